The van der Waals surface area contributed by atoms with E-state index in [0.717, 1.165) is 48.3 Å². The Labute approximate surface area is 212 Å². The Kier molecular flexibility index (Phi) is 9.17. The number of rotatable bonds is 9. The highest BCUT2D eigenvalue weighted by atomic mass is 35.5. The monoisotopic (exact) mass is 503 g/mol. The molecule has 1 amide bonds. The highest BCUT2D eigenvalue weighted by molar-refractivity contribution is 7.22. The molecule has 0 saturated carbocycles. The molecule has 3 aromatic rings. The van der Waals surface area contributed by atoms with Crippen molar-refractivity contribution in [1.29, 1.82) is 0 Å². The molecule has 1 aliphatic carbocycles. The summed E-state index contributed by atoms with van der Waals surface area (Å²) in [4.78, 5) is 22.8. The SMILES string of the molecule is CCN(CC)CCN(C(=O)c1ccc2c(c1)CCCC2)c1nc2cc(OC)c(OC)cc2s1.Cl. The van der Waals surface area contributed by atoms with E-state index in [2.05, 4.69) is 30.9 Å². The number of anilines is 1. The van der Waals surface area contributed by atoms with Crippen molar-refractivity contribution in [2.24, 2.45) is 0 Å². The Morgan fingerprint density at radius 2 is 1.65 bits per heavy atom. The highest BCUT2D eigenvalue weighted by Crippen LogP contribution is 2.37. The largest absolute Gasteiger partial charge is 0.493 e. The number of carbonyl (C=O) groups excluding carboxylic acids is 1. The average Bonchev–Trinajstić information content (AvgIpc) is 3.27. The summed E-state index contributed by atoms with van der Waals surface area (Å²) in [7, 11) is 3.24. The second-order valence-corrected chi connectivity index (χ2v) is 9.35. The van der Waals surface area contributed by atoms with Gasteiger partial charge in [-0.3, -0.25) is 9.69 Å². The van der Waals surface area contributed by atoms with Gasteiger partial charge in [0.15, 0.2) is 16.6 Å². The van der Waals surface area contributed by atoms with Crippen molar-refractivity contribution < 1.29 is 14.3 Å². The zero-order valence-corrected chi connectivity index (χ0v) is 22.1. The number of nitrogens with zero attached hydrogens (tertiary/aromatic N) is 3. The molecule has 184 valence electrons. The van der Waals surface area contributed by atoms with Crippen LogP contribution in [0.15, 0.2) is 30.3 Å². The minimum Gasteiger partial charge on any atom is -0.493 e. The molecule has 8 heteroatoms. The van der Waals surface area contributed by atoms with Gasteiger partial charge < -0.3 is 14.4 Å². The van der Waals surface area contributed by atoms with Crippen LogP contribution in [0.4, 0.5) is 5.13 Å². The summed E-state index contributed by atoms with van der Waals surface area (Å²) in [6.07, 6.45) is 4.58. The van der Waals surface area contributed by atoms with Crippen LogP contribution in [0.2, 0.25) is 0 Å². The van der Waals surface area contributed by atoms with E-state index in [-0.39, 0.29) is 18.3 Å². The topological polar surface area (TPSA) is 54.9 Å². The number of amides is 1. The van der Waals surface area contributed by atoms with Gasteiger partial charge in [-0.05, 0) is 62.0 Å². The predicted molar refractivity (Wildman–Crippen MR) is 143 cm³/mol. The van der Waals surface area contributed by atoms with E-state index in [9.17, 15) is 4.79 Å². The summed E-state index contributed by atoms with van der Waals surface area (Å²) in [5.74, 6) is 1.31. The van der Waals surface area contributed by atoms with Crippen LogP contribution in [0.3, 0.4) is 0 Å². The number of ether oxygens (including phenoxy) is 2. The fraction of sp³-hybridized carbons (Fsp3) is 0.462. The number of carbonyl (C=O) groups is 1. The molecule has 6 nitrogen and oxygen atoms in total. The van der Waals surface area contributed by atoms with Crippen LogP contribution in [-0.4, -0.2) is 56.2 Å². The zero-order valence-electron chi connectivity index (χ0n) is 20.4. The maximum Gasteiger partial charge on any atom is 0.260 e. The van der Waals surface area contributed by atoms with Gasteiger partial charge in [0.05, 0.1) is 24.4 Å². The summed E-state index contributed by atoms with van der Waals surface area (Å²) < 4.78 is 11.9. The van der Waals surface area contributed by atoms with Crippen LogP contribution >= 0.6 is 23.7 Å². The average molecular weight is 504 g/mol. The van der Waals surface area contributed by atoms with E-state index in [1.165, 1.54) is 35.3 Å². The van der Waals surface area contributed by atoms with Crippen molar-refractivity contribution in [1.82, 2.24) is 9.88 Å². The van der Waals surface area contributed by atoms with Crippen molar-refractivity contribution in [2.75, 3.05) is 45.3 Å². The summed E-state index contributed by atoms with van der Waals surface area (Å²) in [6, 6.07) is 10.0. The molecule has 0 aliphatic heterocycles. The van der Waals surface area contributed by atoms with Crippen LogP contribution < -0.4 is 14.4 Å². The first-order valence-electron chi connectivity index (χ1n) is 11.8. The van der Waals surface area contributed by atoms with Gasteiger partial charge in [0.25, 0.3) is 5.91 Å². The smallest absolute Gasteiger partial charge is 0.260 e. The van der Waals surface area contributed by atoms with Gasteiger partial charge in [0.1, 0.15) is 0 Å². The third kappa shape index (κ3) is 5.48. The van der Waals surface area contributed by atoms with Crippen molar-refractivity contribution in [3.8, 4) is 11.5 Å². The van der Waals surface area contributed by atoms with E-state index in [0.29, 0.717) is 23.2 Å². The Bertz CT molecular complexity index is 1090. The number of aromatic nitrogens is 1. The number of fused-ring (bicyclic) bond motifs is 2. The lowest BCUT2D eigenvalue weighted by molar-refractivity contribution is 0.0983. The molecule has 0 bridgehead atoms. The van der Waals surface area contributed by atoms with Crippen molar-refractivity contribution in [3.63, 3.8) is 0 Å². The minimum atomic E-state index is 0. The van der Waals surface area contributed by atoms with E-state index in [1.54, 1.807) is 14.2 Å². The predicted octanol–water partition coefficient (Wildman–Crippen LogP) is 5.60. The molecule has 0 unspecified atom stereocenters. The Morgan fingerprint density at radius 1 is 0.971 bits per heavy atom. The number of hydrogen-bond donors (Lipinski definition) is 0. The molecule has 0 atom stereocenters. The molecular formula is C26H34ClN3O3S. The quantitative estimate of drug-likeness (QED) is 0.380. The summed E-state index contributed by atoms with van der Waals surface area (Å²) >= 11 is 1.51. The van der Waals surface area contributed by atoms with Gasteiger partial charge in [-0.2, -0.15) is 0 Å². The lowest BCUT2D eigenvalue weighted by Crippen LogP contribution is -2.39. The minimum absolute atomic E-state index is 0. The number of methoxy groups -OCH3 is 2. The van der Waals surface area contributed by atoms with Gasteiger partial charge in [-0.1, -0.05) is 31.3 Å². The first-order chi connectivity index (χ1) is 16.1. The number of aryl methyl sites for hydroxylation is 2. The van der Waals surface area contributed by atoms with Crippen LogP contribution in [0, 0.1) is 0 Å². The molecule has 0 N–H and O–H groups in total. The first-order valence-corrected chi connectivity index (χ1v) is 12.6. The molecule has 0 radical (unpaired) electrons. The van der Waals surface area contributed by atoms with Gasteiger partial charge in [0, 0.05) is 30.8 Å². The van der Waals surface area contributed by atoms with Crippen molar-refractivity contribution in [2.45, 2.75) is 39.5 Å². The molecule has 1 aromatic heterocycles. The van der Waals surface area contributed by atoms with Gasteiger partial charge in [-0.25, -0.2) is 4.98 Å². The van der Waals surface area contributed by atoms with E-state index in [1.807, 2.05) is 23.1 Å². The number of hydrogen-bond acceptors (Lipinski definition) is 6. The van der Waals surface area contributed by atoms with Crippen LogP contribution in [0.25, 0.3) is 10.2 Å². The molecule has 0 saturated heterocycles. The van der Waals surface area contributed by atoms with E-state index in [4.69, 9.17) is 14.5 Å². The lowest BCUT2D eigenvalue weighted by Gasteiger charge is -2.25. The fourth-order valence-electron chi connectivity index (χ4n) is 4.45. The van der Waals surface area contributed by atoms with E-state index >= 15 is 0 Å². The number of likely N-dealkylation sites (N-methyl/N-ethyl adjacent to an activating group) is 1. The molecule has 1 aliphatic rings. The fourth-order valence-corrected chi connectivity index (χ4v) is 5.45. The molecule has 2 aromatic carbocycles. The second-order valence-electron chi connectivity index (χ2n) is 8.35. The summed E-state index contributed by atoms with van der Waals surface area (Å²) in [6.45, 7) is 7.58. The van der Waals surface area contributed by atoms with Gasteiger partial charge in [-0.15, -0.1) is 12.4 Å². The van der Waals surface area contributed by atoms with E-state index < -0.39 is 0 Å². The Hall–Kier alpha value is -2.35. The third-order valence-electron chi connectivity index (χ3n) is 6.49. The first kappa shape index (κ1) is 26.3. The standard InChI is InChI=1S/C26H33N3O3S.ClH/c1-5-28(6-2)13-14-29(25(30)20-12-11-18-9-7-8-10-19(18)15-20)26-27-21-16-22(31-3)23(32-4)17-24(21)33-26;/h11-12,15-17H,5-10,13-14H2,1-4H3;1H. The van der Waals surface area contributed by atoms with Crippen molar-refractivity contribution >= 4 is 45.0 Å². The molecule has 1 heterocycles. The molecule has 0 fully saturated rings. The molecule has 4 rings (SSSR count). The third-order valence-corrected chi connectivity index (χ3v) is 7.53. The van der Waals surface area contributed by atoms with Crippen LogP contribution in [-0.2, 0) is 12.8 Å². The Balaban J connectivity index is 0.00000324. The van der Waals surface area contributed by atoms with Crippen LogP contribution in [0.5, 0.6) is 11.5 Å². The highest BCUT2D eigenvalue weighted by Gasteiger charge is 2.24. The zero-order chi connectivity index (χ0) is 23.4. The lowest BCUT2D eigenvalue weighted by atomic mass is 9.90. The summed E-state index contributed by atoms with van der Waals surface area (Å²) in [5, 5.41) is 0.704. The van der Waals surface area contributed by atoms with Crippen LogP contribution in [0.1, 0.15) is 48.2 Å². The normalized spacial score (nSPS) is 12.9. The maximum atomic E-state index is 13.8. The van der Waals surface area contributed by atoms with Gasteiger partial charge >= 0.3 is 0 Å². The van der Waals surface area contributed by atoms with Crippen molar-refractivity contribution in [3.05, 3.63) is 47.0 Å². The second kappa shape index (κ2) is 11.9. The molecule has 34 heavy (non-hydrogen) atoms. The van der Waals surface area contributed by atoms with Gasteiger partial charge in [0.2, 0.25) is 0 Å². The maximum absolute atomic E-state index is 13.8. The number of thiazole rings is 1. The molecule has 0 spiro atoms. The summed E-state index contributed by atoms with van der Waals surface area (Å²) in [5.41, 5.74) is 4.24. The Morgan fingerprint density at radius 3 is 2.32 bits per heavy atom. The number of benzene rings is 2. The number of halogens is 1. The molecular weight excluding hydrogens is 470 g/mol.